The number of benzene rings is 1. The Labute approximate surface area is 184 Å². The molecule has 0 bridgehead atoms. The van der Waals surface area contributed by atoms with Gasteiger partial charge >= 0.3 is 11.9 Å². The van der Waals surface area contributed by atoms with Crippen molar-refractivity contribution in [2.45, 2.75) is 39.5 Å². The topological polar surface area (TPSA) is 139 Å². The van der Waals surface area contributed by atoms with Crippen molar-refractivity contribution in [3.63, 3.8) is 0 Å². The molecule has 0 spiro atoms. The van der Waals surface area contributed by atoms with Gasteiger partial charge in [-0.1, -0.05) is 5.16 Å². The van der Waals surface area contributed by atoms with E-state index >= 15 is 0 Å². The number of amidine groups is 1. The summed E-state index contributed by atoms with van der Waals surface area (Å²) in [5.41, 5.74) is 7.13. The van der Waals surface area contributed by atoms with Crippen molar-refractivity contribution in [2.75, 3.05) is 20.0 Å². The van der Waals surface area contributed by atoms with Crippen LogP contribution in [0.1, 0.15) is 53.1 Å². The van der Waals surface area contributed by atoms with Crippen molar-refractivity contribution in [1.29, 1.82) is 0 Å². The number of aryl methyl sites for hydroxylation is 1. The number of aliphatic imine (C=N–C) groups is 1. The van der Waals surface area contributed by atoms with Crippen molar-refractivity contribution in [2.24, 2.45) is 10.7 Å². The van der Waals surface area contributed by atoms with Crippen LogP contribution in [-0.4, -0.2) is 47.9 Å². The van der Waals surface area contributed by atoms with Crippen molar-refractivity contribution in [1.82, 2.24) is 10.1 Å². The molecule has 1 heterocycles. The van der Waals surface area contributed by atoms with Gasteiger partial charge in [0.05, 0.1) is 25.6 Å². The SMILES string of the molecule is COC(=O)c1c(C)c(OC)cc(OC(C)=O)c1CSC[C@H](N=C(C)N)c1nc(C)no1. The number of ether oxygens (including phenoxy) is 3. The van der Waals surface area contributed by atoms with E-state index in [0.29, 0.717) is 45.9 Å². The van der Waals surface area contributed by atoms with Crippen LogP contribution >= 0.6 is 11.8 Å². The summed E-state index contributed by atoms with van der Waals surface area (Å²) in [4.78, 5) is 32.8. The first kappa shape index (κ1) is 24.2. The van der Waals surface area contributed by atoms with Gasteiger partial charge in [0.15, 0.2) is 5.82 Å². The maximum absolute atomic E-state index is 12.5. The number of carbonyl (C=O) groups is 2. The van der Waals surface area contributed by atoms with Gasteiger partial charge < -0.3 is 24.5 Å². The fraction of sp³-hybridized carbons (Fsp3) is 0.450. The normalized spacial score (nSPS) is 12.4. The first-order chi connectivity index (χ1) is 14.7. The molecule has 11 heteroatoms. The van der Waals surface area contributed by atoms with Crippen molar-refractivity contribution in [3.8, 4) is 11.5 Å². The molecule has 0 aliphatic rings. The van der Waals surface area contributed by atoms with Crippen molar-refractivity contribution in [3.05, 3.63) is 34.5 Å². The number of rotatable bonds is 9. The second-order valence-electron chi connectivity index (χ2n) is 6.62. The Balaban J connectivity index is 2.39. The van der Waals surface area contributed by atoms with Crippen LogP contribution in [0.25, 0.3) is 0 Å². The maximum Gasteiger partial charge on any atom is 0.338 e. The summed E-state index contributed by atoms with van der Waals surface area (Å²) in [5.74, 6) is 1.52. The van der Waals surface area contributed by atoms with Crippen LogP contribution < -0.4 is 15.2 Å². The Morgan fingerprint density at radius 3 is 2.48 bits per heavy atom. The third-order valence-electron chi connectivity index (χ3n) is 4.18. The fourth-order valence-corrected chi connectivity index (χ4v) is 3.95. The molecule has 0 saturated carbocycles. The van der Waals surface area contributed by atoms with Crippen LogP contribution in [-0.2, 0) is 15.3 Å². The van der Waals surface area contributed by atoms with Crippen LogP contribution in [0.3, 0.4) is 0 Å². The Hall–Kier alpha value is -3.08. The molecule has 10 nitrogen and oxygen atoms in total. The molecule has 0 fully saturated rings. The predicted molar refractivity (Wildman–Crippen MR) is 116 cm³/mol. The summed E-state index contributed by atoms with van der Waals surface area (Å²) in [6.07, 6.45) is 0. The van der Waals surface area contributed by atoms with E-state index in [2.05, 4.69) is 15.1 Å². The largest absolute Gasteiger partial charge is 0.496 e. The minimum absolute atomic E-state index is 0.228. The quantitative estimate of drug-likeness (QED) is 0.262. The van der Waals surface area contributed by atoms with E-state index in [-0.39, 0.29) is 11.3 Å². The fourth-order valence-electron chi connectivity index (χ4n) is 2.90. The average Bonchev–Trinajstić information content (AvgIpc) is 3.14. The van der Waals surface area contributed by atoms with Crippen LogP contribution in [0, 0.1) is 13.8 Å². The second-order valence-corrected chi connectivity index (χ2v) is 7.65. The molecule has 2 rings (SSSR count). The van der Waals surface area contributed by atoms with E-state index < -0.39 is 18.0 Å². The highest BCUT2D eigenvalue weighted by Crippen LogP contribution is 2.37. The lowest BCUT2D eigenvalue weighted by Gasteiger charge is -2.18. The van der Waals surface area contributed by atoms with Gasteiger partial charge in [-0.2, -0.15) is 16.7 Å². The first-order valence-corrected chi connectivity index (χ1v) is 10.5. The Morgan fingerprint density at radius 1 is 1.26 bits per heavy atom. The smallest absolute Gasteiger partial charge is 0.338 e. The molecule has 0 unspecified atom stereocenters. The Bertz CT molecular complexity index is 984. The van der Waals surface area contributed by atoms with E-state index in [0.717, 1.165) is 0 Å². The van der Waals surface area contributed by atoms with Gasteiger partial charge in [0.25, 0.3) is 5.89 Å². The van der Waals surface area contributed by atoms with Gasteiger partial charge in [-0.3, -0.25) is 9.79 Å². The molecule has 0 aliphatic carbocycles. The zero-order chi connectivity index (χ0) is 23.1. The monoisotopic (exact) mass is 450 g/mol. The first-order valence-electron chi connectivity index (χ1n) is 9.32. The molecule has 2 aromatic rings. The molecule has 1 atom stereocenters. The number of methoxy groups -OCH3 is 2. The van der Waals surface area contributed by atoms with Gasteiger partial charge in [-0.05, 0) is 20.8 Å². The number of carbonyl (C=O) groups excluding carboxylic acids is 2. The molecule has 1 aromatic heterocycles. The Kier molecular flexibility index (Phi) is 8.43. The minimum Gasteiger partial charge on any atom is -0.496 e. The van der Waals surface area contributed by atoms with Gasteiger partial charge in [-0.25, -0.2) is 4.79 Å². The highest BCUT2D eigenvalue weighted by atomic mass is 32.2. The Morgan fingerprint density at radius 2 is 1.97 bits per heavy atom. The molecule has 0 radical (unpaired) electrons. The molecule has 168 valence electrons. The number of nitrogens with two attached hydrogens (primary N) is 1. The van der Waals surface area contributed by atoms with Gasteiger partial charge in [-0.15, -0.1) is 0 Å². The van der Waals surface area contributed by atoms with Crippen LogP contribution in [0.5, 0.6) is 11.5 Å². The molecular formula is C20H26N4O6S. The summed E-state index contributed by atoms with van der Waals surface area (Å²) < 4.78 is 20.9. The number of hydrogen-bond donors (Lipinski definition) is 1. The van der Waals surface area contributed by atoms with Gasteiger partial charge in [0.2, 0.25) is 0 Å². The molecule has 0 saturated heterocycles. The lowest BCUT2D eigenvalue weighted by Crippen LogP contribution is -2.14. The van der Waals surface area contributed by atoms with E-state index in [4.69, 9.17) is 24.5 Å². The molecular weight excluding hydrogens is 424 g/mol. The average molecular weight is 451 g/mol. The molecule has 0 amide bonds. The summed E-state index contributed by atoms with van der Waals surface area (Å²) in [7, 11) is 2.76. The van der Waals surface area contributed by atoms with E-state index in [1.54, 1.807) is 26.8 Å². The van der Waals surface area contributed by atoms with Crippen molar-refractivity contribution >= 4 is 29.5 Å². The third kappa shape index (κ3) is 6.20. The van der Waals surface area contributed by atoms with Gasteiger partial charge in [0, 0.05) is 35.6 Å². The van der Waals surface area contributed by atoms with Crippen LogP contribution in [0.4, 0.5) is 0 Å². The number of nitrogens with zero attached hydrogens (tertiary/aromatic N) is 3. The summed E-state index contributed by atoms with van der Waals surface area (Å²) >= 11 is 1.44. The lowest BCUT2D eigenvalue weighted by atomic mass is 10.0. The molecule has 2 N–H and O–H groups in total. The third-order valence-corrected chi connectivity index (χ3v) is 5.22. The summed E-state index contributed by atoms with van der Waals surface area (Å²) in [6.45, 7) is 6.41. The van der Waals surface area contributed by atoms with Gasteiger partial charge in [0.1, 0.15) is 17.5 Å². The summed E-state index contributed by atoms with van der Waals surface area (Å²) in [6, 6.07) is 1.12. The highest BCUT2D eigenvalue weighted by Gasteiger charge is 2.25. The molecule has 0 aliphatic heterocycles. The molecule has 31 heavy (non-hydrogen) atoms. The zero-order valence-corrected chi connectivity index (χ0v) is 19.2. The van der Waals surface area contributed by atoms with Crippen LogP contribution in [0.2, 0.25) is 0 Å². The van der Waals surface area contributed by atoms with E-state index in [9.17, 15) is 9.59 Å². The number of thioether (sulfide) groups is 1. The van der Waals surface area contributed by atoms with E-state index in [1.165, 1.54) is 32.9 Å². The number of esters is 2. The molecule has 1 aromatic carbocycles. The predicted octanol–water partition coefficient (Wildman–Crippen LogP) is 2.76. The minimum atomic E-state index is -0.555. The maximum atomic E-state index is 12.5. The lowest BCUT2D eigenvalue weighted by molar-refractivity contribution is -0.131. The highest BCUT2D eigenvalue weighted by molar-refractivity contribution is 7.98. The number of aromatic nitrogens is 2. The number of hydrogen-bond acceptors (Lipinski definition) is 10. The zero-order valence-electron chi connectivity index (χ0n) is 18.3. The standard InChI is InChI=1S/C20H26N4O6S/c1-10-16(27-5)7-17(29-13(4)25)14(18(10)20(26)28-6)8-31-9-15(22-11(2)21)19-23-12(3)24-30-19/h7,15H,8-9H2,1-6H3,(H2,21,22)/t15-/m0/s1. The second kappa shape index (κ2) is 10.8. The van der Waals surface area contributed by atoms with Crippen LogP contribution in [0.15, 0.2) is 15.6 Å². The van der Waals surface area contributed by atoms with Crippen molar-refractivity contribution < 1.29 is 28.3 Å². The summed E-state index contributed by atoms with van der Waals surface area (Å²) in [5, 5.41) is 3.80. The van der Waals surface area contributed by atoms with E-state index in [1.807, 2.05) is 0 Å².